The molecule has 0 radical (unpaired) electrons. The van der Waals surface area contributed by atoms with E-state index in [2.05, 4.69) is 17.2 Å². The van der Waals surface area contributed by atoms with Crippen LogP contribution in [0.5, 0.6) is 0 Å². The van der Waals surface area contributed by atoms with Gasteiger partial charge in [-0.3, -0.25) is 13.9 Å². The maximum atomic E-state index is 12.4. The molecule has 0 atom stereocenters. The zero-order valence-corrected chi connectivity index (χ0v) is 17.9. The highest BCUT2D eigenvalue weighted by Gasteiger charge is 2.13. The van der Waals surface area contributed by atoms with E-state index in [4.69, 9.17) is 0 Å². The highest BCUT2D eigenvalue weighted by atomic mass is 16.2. The van der Waals surface area contributed by atoms with Gasteiger partial charge in [-0.25, -0.2) is 9.78 Å². The second kappa shape index (κ2) is 11.8. The third-order valence-corrected chi connectivity index (χ3v) is 5.45. The van der Waals surface area contributed by atoms with Crippen LogP contribution in [0.15, 0.2) is 15.9 Å². The lowest BCUT2D eigenvalue weighted by molar-refractivity contribution is 0.535. The Kier molecular flexibility index (Phi) is 9.47. The Morgan fingerprint density at radius 1 is 0.857 bits per heavy atom. The van der Waals surface area contributed by atoms with E-state index in [1.807, 2.05) is 4.57 Å². The summed E-state index contributed by atoms with van der Waals surface area (Å²) >= 11 is 0. The summed E-state index contributed by atoms with van der Waals surface area (Å²) in [4.78, 5) is 28.6. The van der Waals surface area contributed by atoms with Crippen molar-refractivity contribution in [2.45, 2.75) is 77.7 Å². The molecule has 0 spiro atoms. The van der Waals surface area contributed by atoms with Crippen LogP contribution in [0.4, 0.5) is 0 Å². The van der Waals surface area contributed by atoms with Gasteiger partial charge in [-0.1, -0.05) is 64.7 Å². The Labute approximate surface area is 167 Å². The first-order valence-corrected chi connectivity index (χ1v) is 10.9. The topological polar surface area (TPSA) is 73.8 Å². The van der Waals surface area contributed by atoms with Crippen molar-refractivity contribution in [1.82, 2.24) is 24.0 Å². The third-order valence-electron chi connectivity index (χ3n) is 5.45. The van der Waals surface area contributed by atoms with Crippen molar-refractivity contribution in [2.24, 2.45) is 14.1 Å². The van der Waals surface area contributed by atoms with E-state index in [0.717, 1.165) is 17.7 Å². The summed E-state index contributed by atoms with van der Waals surface area (Å²) in [5, 5.41) is 3.45. The first-order chi connectivity index (χ1) is 13.6. The number of fused-ring (bicyclic) bond motifs is 1. The molecule has 0 bridgehead atoms. The Morgan fingerprint density at radius 3 is 2.11 bits per heavy atom. The Morgan fingerprint density at radius 2 is 1.46 bits per heavy atom. The van der Waals surface area contributed by atoms with Crippen molar-refractivity contribution in [3.8, 4) is 0 Å². The molecule has 28 heavy (non-hydrogen) atoms. The fourth-order valence-electron chi connectivity index (χ4n) is 3.63. The number of hydrogen-bond donors (Lipinski definition) is 1. The van der Waals surface area contributed by atoms with Crippen molar-refractivity contribution in [3.05, 3.63) is 27.2 Å². The van der Waals surface area contributed by atoms with E-state index in [9.17, 15) is 9.59 Å². The molecule has 0 saturated carbocycles. The highest BCUT2D eigenvalue weighted by Crippen LogP contribution is 2.10. The van der Waals surface area contributed by atoms with Gasteiger partial charge in [0.1, 0.15) is 0 Å². The molecule has 0 fully saturated rings. The van der Waals surface area contributed by atoms with Gasteiger partial charge in [-0.2, -0.15) is 0 Å². The number of rotatable bonds is 14. The molecular weight excluding hydrogens is 354 g/mol. The molecule has 2 aromatic heterocycles. The normalized spacial score (nSPS) is 11.5. The summed E-state index contributed by atoms with van der Waals surface area (Å²) in [5.41, 5.74) is 0.306. The van der Waals surface area contributed by atoms with E-state index < -0.39 is 0 Å². The van der Waals surface area contributed by atoms with Gasteiger partial charge in [0.05, 0.1) is 6.33 Å². The quantitative estimate of drug-likeness (QED) is 0.503. The van der Waals surface area contributed by atoms with Crippen molar-refractivity contribution in [3.63, 3.8) is 0 Å². The number of aromatic nitrogens is 4. The van der Waals surface area contributed by atoms with Crippen LogP contribution in [0.2, 0.25) is 0 Å². The SMILES string of the molecule is CCCCCCCCCCCCNCCn1cnc2c1c(=O)n(C)c(=O)n2C. The zero-order valence-electron chi connectivity index (χ0n) is 17.9. The van der Waals surface area contributed by atoms with Gasteiger partial charge < -0.3 is 9.88 Å². The van der Waals surface area contributed by atoms with Gasteiger partial charge in [0.15, 0.2) is 11.2 Å². The number of unbranched alkanes of at least 4 members (excludes halogenated alkanes) is 9. The predicted octanol–water partition coefficient (Wildman–Crippen LogP) is 2.94. The van der Waals surface area contributed by atoms with Gasteiger partial charge >= 0.3 is 5.69 Å². The van der Waals surface area contributed by atoms with Crippen molar-refractivity contribution >= 4 is 11.2 Å². The van der Waals surface area contributed by atoms with Crippen LogP contribution in [0.3, 0.4) is 0 Å². The summed E-state index contributed by atoms with van der Waals surface area (Å²) in [6.07, 6.45) is 15.1. The van der Waals surface area contributed by atoms with E-state index in [1.54, 1.807) is 13.4 Å². The van der Waals surface area contributed by atoms with Crippen molar-refractivity contribution in [1.29, 1.82) is 0 Å². The lowest BCUT2D eigenvalue weighted by atomic mass is 10.1. The third kappa shape index (κ3) is 6.06. The molecule has 1 N–H and O–H groups in total. The molecule has 0 unspecified atom stereocenters. The molecule has 0 aliphatic carbocycles. The number of hydrogen-bond acceptors (Lipinski definition) is 4. The molecule has 2 heterocycles. The monoisotopic (exact) mass is 391 g/mol. The molecule has 0 amide bonds. The molecule has 7 nitrogen and oxygen atoms in total. The summed E-state index contributed by atoms with van der Waals surface area (Å²) in [7, 11) is 3.15. The lowest BCUT2D eigenvalue weighted by Gasteiger charge is -2.08. The van der Waals surface area contributed by atoms with Crippen LogP contribution in [-0.2, 0) is 20.6 Å². The summed E-state index contributed by atoms with van der Waals surface area (Å²) < 4.78 is 4.39. The van der Waals surface area contributed by atoms with Gasteiger partial charge in [0, 0.05) is 27.2 Å². The number of nitrogens with one attached hydrogen (secondary N) is 1. The number of aryl methyl sites for hydroxylation is 1. The fourth-order valence-corrected chi connectivity index (χ4v) is 3.63. The minimum atomic E-state index is -0.346. The van der Waals surface area contributed by atoms with Gasteiger partial charge in [-0.05, 0) is 13.0 Å². The highest BCUT2D eigenvalue weighted by molar-refractivity contribution is 5.69. The fraction of sp³-hybridized carbons (Fsp3) is 0.762. The first-order valence-electron chi connectivity index (χ1n) is 10.9. The summed E-state index contributed by atoms with van der Waals surface area (Å²) in [6.45, 7) is 4.71. The van der Waals surface area contributed by atoms with E-state index in [0.29, 0.717) is 17.7 Å². The minimum absolute atomic E-state index is 0.287. The number of nitrogens with zero attached hydrogens (tertiary/aromatic N) is 4. The van der Waals surface area contributed by atoms with Crippen LogP contribution >= 0.6 is 0 Å². The average Bonchev–Trinajstić information content (AvgIpc) is 3.12. The molecule has 0 aliphatic heterocycles. The molecular formula is C21H37N5O2. The smallest absolute Gasteiger partial charge is 0.323 e. The summed E-state index contributed by atoms with van der Waals surface area (Å²) in [5.74, 6) is 0. The van der Waals surface area contributed by atoms with Crippen molar-refractivity contribution in [2.75, 3.05) is 13.1 Å². The first kappa shape index (κ1) is 22.4. The van der Waals surface area contributed by atoms with Crippen LogP contribution in [0.25, 0.3) is 11.2 Å². The van der Waals surface area contributed by atoms with Crippen LogP contribution in [-0.4, -0.2) is 31.8 Å². The average molecular weight is 392 g/mol. The Balaban J connectivity index is 1.62. The minimum Gasteiger partial charge on any atom is -0.323 e. The van der Waals surface area contributed by atoms with Crippen LogP contribution < -0.4 is 16.6 Å². The Hall–Kier alpha value is -1.89. The largest absolute Gasteiger partial charge is 0.332 e. The predicted molar refractivity (Wildman–Crippen MR) is 115 cm³/mol. The van der Waals surface area contributed by atoms with Gasteiger partial charge in [0.25, 0.3) is 5.56 Å². The van der Waals surface area contributed by atoms with E-state index in [1.165, 1.54) is 75.8 Å². The van der Waals surface area contributed by atoms with Crippen LogP contribution in [0, 0.1) is 0 Å². The molecule has 158 valence electrons. The van der Waals surface area contributed by atoms with Crippen molar-refractivity contribution < 1.29 is 0 Å². The second-order valence-electron chi connectivity index (χ2n) is 7.75. The Bertz CT molecular complexity index is 834. The molecule has 0 aliphatic rings. The molecule has 2 aromatic rings. The standard InChI is InChI=1S/C21H37N5O2/c1-4-5-6-7-8-9-10-11-12-13-14-22-15-16-26-17-23-19-18(26)20(27)25(3)21(28)24(19)2/h17,22H,4-16H2,1-3H3. The van der Waals surface area contributed by atoms with Crippen LogP contribution in [0.1, 0.15) is 71.1 Å². The molecule has 7 heteroatoms. The van der Waals surface area contributed by atoms with Gasteiger partial charge in [-0.15, -0.1) is 0 Å². The van der Waals surface area contributed by atoms with Gasteiger partial charge in [0.2, 0.25) is 0 Å². The summed E-state index contributed by atoms with van der Waals surface area (Å²) in [6, 6.07) is 0. The van der Waals surface area contributed by atoms with E-state index >= 15 is 0 Å². The molecule has 0 saturated heterocycles. The van der Waals surface area contributed by atoms with E-state index in [-0.39, 0.29) is 11.2 Å². The maximum Gasteiger partial charge on any atom is 0.332 e. The lowest BCUT2D eigenvalue weighted by Crippen LogP contribution is -2.37. The number of imidazole rings is 1. The molecule has 0 aromatic carbocycles. The molecule has 2 rings (SSSR count). The maximum absolute atomic E-state index is 12.4. The zero-order chi connectivity index (χ0) is 20.4. The second-order valence-corrected chi connectivity index (χ2v) is 7.75.